The third-order valence-electron chi connectivity index (χ3n) is 1.85. The van der Waals surface area contributed by atoms with E-state index in [9.17, 15) is 0 Å². The van der Waals surface area contributed by atoms with Gasteiger partial charge >= 0.3 is 0 Å². The predicted octanol–water partition coefficient (Wildman–Crippen LogP) is 2.60. The number of aliphatic hydroxyl groups excluding tert-OH is 1. The molecule has 0 aliphatic rings. The van der Waals surface area contributed by atoms with Crippen molar-refractivity contribution < 1.29 is 5.11 Å². The van der Waals surface area contributed by atoms with Gasteiger partial charge in [0.05, 0.1) is 0 Å². The zero-order valence-electron chi connectivity index (χ0n) is 7.26. The summed E-state index contributed by atoms with van der Waals surface area (Å²) < 4.78 is 1.95. The third-order valence-corrected chi connectivity index (χ3v) is 2.21. The van der Waals surface area contributed by atoms with Gasteiger partial charge in [0.25, 0.3) is 0 Å². The van der Waals surface area contributed by atoms with Crippen LogP contribution in [-0.4, -0.2) is 16.7 Å². The van der Waals surface area contributed by atoms with Crippen LogP contribution in [0.1, 0.15) is 16.8 Å². The minimum absolute atomic E-state index is 0.177. The van der Waals surface area contributed by atoms with Crippen molar-refractivity contribution in [2.24, 2.45) is 0 Å². The van der Waals surface area contributed by atoms with E-state index in [1.54, 1.807) is 6.08 Å². The number of aromatic nitrogens is 1. The van der Waals surface area contributed by atoms with Crippen LogP contribution in [0.4, 0.5) is 0 Å². The van der Waals surface area contributed by atoms with E-state index in [1.165, 1.54) is 0 Å². The third kappa shape index (κ3) is 2.45. The zero-order chi connectivity index (χ0) is 9.68. The Hall–Kier alpha value is -0.550. The maximum absolute atomic E-state index is 8.83. The molecule has 0 aliphatic carbocycles. The van der Waals surface area contributed by atoms with E-state index >= 15 is 0 Å². The highest BCUT2D eigenvalue weighted by atomic mass is 127. The molecule has 2 nitrogen and oxygen atoms in total. The van der Waals surface area contributed by atoms with Crippen molar-refractivity contribution in [2.45, 2.75) is 6.42 Å². The van der Waals surface area contributed by atoms with E-state index in [0.717, 1.165) is 16.8 Å². The first-order valence-electron chi connectivity index (χ1n) is 4.03. The van der Waals surface area contributed by atoms with Crippen LogP contribution in [0.2, 0.25) is 0 Å². The van der Waals surface area contributed by atoms with Crippen molar-refractivity contribution in [1.29, 1.82) is 0 Å². The number of hydrogen-bond donors (Lipinski definition) is 2. The second-order valence-corrected chi connectivity index (χ2v) is 3.33. The lowest BCUT2D eigenvalue weighted by Crippen LogP contribution is -1.90. The first-order valence-corrected chi connectivity index (χ1v) is 5.28. The molecule has 1 aromatic heterocycles. The summed E-state index contributed by atoms with van der Waals surface area (Å²) >= 11 is 2.18. The van der Waals surface area contributed by atoms with Crippen molar-refractivity contribution in [3.05, 3.63) is 33.7 Å². The van der Waals surface area contributed by atoms with Crippen LogP contribution in [0, 0.1) is 0 Å². The Labute approximate surface area is 91.5 Å². The Morgan fingerprint density at radius 1 is 1.62 bits per heavy atom. The van der Waals surface area contributed by atoms with Crippen LogP contribution >= 0.6 is 22.6 Å². The van der Waals surface area contributed by atoms with E-state index in [2.05, 4.69) is 34.2 Å². The van der Waals surface area contributed by atoms with Gasteiger partial charge in [0, 0.05) is 24.1 Å². The van der Waals surface area contributed by atoms with Crippen molar-refractivity contribution in [2.75, 3.05) is 6.61 Å². The number of aliphatic hydroxyl groups is 1. The van der Waals surface area contributed by atoms with E-state index in [-0.39, 0.29) is 6.61 Å². The average Bonchev–Trinajstić information content (AvgIpc) is 2.50. The van der Waals surface area contributed by atoms with E-state index in [4.69, 9.17) is 5.11 Å². The van der Waals surface area contributed by atoms with Crippen LogP contribution in [-0.2, 0) is 6.42 Å². The lowest BCUT2D eigenvalue weighted by atomic mass is 10.1. The molecular formula is C10H12INO. The molecule has 0 saturated heterocycles. The van der Waals surface area contributed by atoms with E-state index in [1.807, 2.05) is 16.4 Å². The number of aromatic amines is 1. The van der Waals surface area contributed by atoms with Gasteiger partial charge in [0.1, 0.15) is 0 Å². The number of halogens is 1. The van der Waals surface area contributed by atoms with E-state index < -0.39 is 0 Å². The first kappa shape index (κ1) is 10.5. The second kappa shape index (κ2) is 5.24. The van der Waals surface area contributed by atoms with Crippen LogP contribution in [0.5, 0.6) is 0 Å². The van der Waals surface area contributed by atoms with Gasteiger partial charge in [-0.1, -0.05) is 29.2 Å². The molecule has 0 amide bonds. The van der Waals surface area contributed by atoms with Crippen LogP contribution in [0.15, 0.2) is 16.9 Å². The topological polar surface area (TPSA) is 36.0 Å². The first-order chi connectivity index (χ1) is 6.33. The molecule has 2 N–H and O–H groups in total. The van der Waals surface area contributed by atoms with Gasteiger partial charge in [-0.2, -0.15) is 0 Å². The van der Waals surface area contributed by atoms with Crippen LogP contribution in [0.25, 0.3) is 12.2 Å². The van der Waals surface area contributed by atoms with Crippen molar-refractivity contribution >= 4 is 34.7 Å². The average molecular weight is 289 g/mol. The molecule has 70 valence electrons. The SMILES string of the molecule is C=Cc1[nH]cc(CCO)c1/C=C\I. The van der Waals surface area contributed by atoms with Gasteiger partial charge in [-0.05, 0) is 28.2 Å². The predicted molar refractivity (Wildman–Crippen MR) is 64.7 cm³/mol. The van der Waals surface area contributed by atoms with Crippen molar-refractivity contribution in [3.8, 4) is 0 Å². The summed E-state index contributed by atoms with van der Waals surface area (Å²) in [5, 5.41) is 8.83. The molecule has 0 spiro atoms. The smallest absolute Gasteiger partial charge is 0.0472 e. The summed E-state index contributed by atoms with van der Waals surface area (Å²) in [6.45, 7) is 3.89. The van der Waals surface area contributed by atoms with Crippen LogP contribution < -0.4 is 0 Å². The lowest BCUT2D eigenvalue weighted by Gasteiger charge is -1.97. The lowest BCUT2D eigenvalue weighted by molar-refractivity contribution is 0.299. The van der Waals surface area contributed by atoms with E-state index in [0.29, 0.717) is 6.42 Å². The Morgan fingerprint density at radius 3 is 2.92 bits per heavy atom. The standard InChI is InChI=1S/C10H12INO/c1-2-10-9(3-5-11)8(4-6-13)7-12-10/h2-3,5,7,12-13H,1,4,6H2/b5-3-. The maximum Gasteiger partial charge on any atom is 0.0472 e. The molecule has 1 aromatic rings. The molecule has 0 fully saturated rings. The molecule has 1 rings (SSSR count). The largest absolute Gasteiger partial charge is 0.396 e. The van der Waals surface area contributed by atoms with Gasteiger partial charge in [-0.3, -0.25) is 0 Å². The fourth-order valence-electron chi connectivity index (χ4n) is 1.25. The minimum atomic E-state index is 0.177. The molecule has 0 unspecified atom stereocenters. The molecule has 13 heavy (non-hydrogen) atoms. The highest BCUT2D eigenvalue weighted by Crippen LogP contribution is 2.18. The quantitative estimate of drug-likeness (QED) is 0.821. The Bertz CT molecular complexity index is 315. The highest BCUT2D eigenvalue weighted by molar-refractivity contribution is 14.1. The Kier molecular flexibility index (Phi) is 4.24. The number of H-pyrrole nitrogens is 1. The molecule has 0 saturated carbocycles. The fourth-order valence-corrected chi connectivity index (χ4v) is 1.61. The van der Waals surface area contributed by atoms with Crippen LogP contribution in [0.3, 0.4) is 0 Å². The zero-order valence-corrected chi connectivity index (χ0v) is 9.41. The summed E-state index contributed by atoms with van der Waals surface area (Å²) in [5.41, 5.74) is 3.26. The monoisotopic (exact) mass is 289 g/mol. The summed E-state index contributed by atoms with van der Waals surface area (Å²) in [6, 6.07) is 0. The molecule has 1 heterocycles. The Balaban J connectivity index is 3.05. The van der Waals surface area contributed by atoms with Crippen molar-refractivity contribution in [3.63, 3.8) is 0 Å². The summed E-state index contributed by atoms with van der Waals surface area (Å²) in [5.74, 6) is 0. The Morgan fingerprint density at radius 2 is 2.38 bits per heavy atom. The molecule has 0 radical (unpaired) electrons. The molecule has 3 heteroatoms. The molecule has 0 bridgehead atoms. The summed E-state index contributed by atoms with van der Waals surface area (Å²) in [4.78, 5) is 3.11. The second-order valence-electron chi connectivity index (χ2n) is 2.61. The number of nitrogens with one attached hydrogen (secondary N) is 1. The molecule has 0 atom stereocenters. The van der Waals surface area contributed by atoms with Crippen molar-refractivity contribution in [1.82, 2.24) is 4.98 Å². The molecule has 0 aromatic carbocycles. The summed E-state index contributed by atoms with van der Waals surface area (Å²) in [6.07, 6.45) is 6.39. The van der Waals surface area contributed by atoms with Gasteiger partial charge < -0.3 is 10.1 Å². The van der Waals surface area contributed by atoms with Gasteiger partial charge in [-0.15, -0.1) is 0 Å². The maximum atomic E-state index is 8.83. The minimum Gasteiger partial charge on any atom is -0.396 e. The van der Waals surface area contributed by atoms with Gasteiger partial charge in [0.15, 0.2) is 0 Å². The van der Waals surface area contributed by atoms with Gasteiger partial charge in [-0.25, -0.2) is 0 Å². The normalized spacial score (nSPS) is 10.9. The fraction of sp³-hybridized carbons (Fsp3) is 0.200. The highest BCUT2D eigenvalue weighted by Gasteiger charge is 2.04. The van der Waals surface area contributed by atoms with Gasteiger partial charge in [0.2, 0.25) is 0 Å². The molecular weight excluding hydrogens is 277 g/mol. The number of hydrogen-bond acceptors (Lipinski definition) is 1. The summed E-state index contributed by atoms with van der Waals surface area (Å²) in [7, 11) is 0. The molecule has 0 aliphatic heterocycles. The number of rotatable bonds is 4.